The first-order valence-electron chi connectivity index (χ1n) is 9.05. The lowest BCUT2D eigenvalue weighted by atomic mass is 10.2. The van der Waals surface area contributed by atoms with E-state index < -0.39 is 10.0 Å². The van der Waals surface area contributed by atoms with Gasteiger partial charge < -0.3 is 10.0 Å². The third kappa shape index (κ3) is 4.77. The van der Waals surface area contributed by atoms with Crippen LogP contribution in [0.2, 0.25) is 5.02 Å². The van der Waals surface area contributed by atoms with Crippen molar-refractivity contribution in [1.82, 2.24) is 19.5 Å². The van der Waals surface area contributed by atoms with E-state index >= 15 is 0 Å². The summed E-state index contributed by atoms with van der Waals surface area (Å²) >= 11 is 6.15. The first-order valence-corrected chi connectivity index (χ1v) is 10.9. The van der Waals surface area contributed by atoms with Gasteiger partial charge >= 0.3 is 0 Å². The van der Waals surface area contributed by atoms with Gasteiger partial charge in [-0.15, -0.1) is 0 Å². The van der Waals surface area contributed by atoms with Gasteiger partial charge in [0.05, 0.1) is 21.6 Å². The molecule has 2 heterocycles. The number of piperazine rings is 1. The molecule has 0 radical (unpaired) electrons. The monoisotopic (exact) mass is 412 g/mol. The van der Waals surface area contributed by atoms with Crippen LogP contribution in [0.25, 0.3) is 10.9 Å². The third-order valence-electron chi connectivity index (χ3n) is 4.88. The summed E-state index contributed by atoms with van der Waals surface area (Å²) in [5, 5.41) is 9.88. The topological polar surface area (TPSA) is 85.8 Å². The highest BCUT2D eigenvalue weighted by atomic mass is 35.5. The molecule has 0 saturated carbocycles. The minimum absolute atomic E-state index is 0.184. The van der Waals surface area contributed by atoms with E-state index in [1.807, 2.05) is 6.92 Å². The van der Waals surface area contributed by atoms with Gasteiger partial charge in [-0.2, -0.15) is 4.72 Å². The maximum absolute atomic E-state index is 13.0. The van der Waals surface area contributed by atoms with E-state index in [9.17, 15) is 8.42 Å². The third-order valence-corrected chi connectivity index (χ3v) is 6.77. The van der Waals surface area contributed by atoms with Gasteiger partial charge in [0.25, 0.3) is 0 Å². The van der Waals surface area contributed by atoms with Crippen molar-refractivity contribution < 1.29 is 13.5 Å². The second-order valence-corrected chi connectivity index (χ2v) is 8.79. The van der Waals surface area contributed by atoms with Crippen LogP contribution in [0.5, 0.6) is 0 Å². The van der Waals surface area contributed by atoms with Gasteiger partial charge in [0.1, 0.15) is 0 Å². The quantitative estimate of drug-likeness (QED) is 0.717. The normalized spacial score (nSPS) is 18.0. The number of aromatic nitrogens is 1. The molecule has 0 bridgehead atoms. The highest BCUT2D eigenvalue weighted by Crippen LogP contribution is 2.27. The molecule has 1 fully saturated rings. The number of hydrogen-bond donors (Lipinski definition) is 2. The molecule has 27 heavy (non-hydrogen) atoms. The first-order chi connectivity index (χ1) is 12.9. The molecule has 1 aromatic carbocycles. The second-order valence-electron chi connectivity index (χ2n) is 6.70. The van der Waals surface area contributed by atoms with Gasteiger partial charge in [0.2, 0.25) is 10.0 Å². The van der Waals surface area contributed by atoms with Gasteiger partial charge in [-0.05, 0) is 37.6 Å². The average Bonchev–Trinajstić information content (AvgIpc) is 2.66. The van der Waals surface area contributed by atoms with Crippen molar-refractivity contribution in [1.29, 1.82) is 0 Å². The van der Waals surface area contributed by atoms with Gasteiger partial charge in [-0.3, -0.25) is 9.88 Å². The summed E-state index contributed by atoms with van der Waals surface area (Å²) in [5.41, 5.74) is 0.479. The van der Waals surface area contributed by atoms with Crippen LogP contribution in [0.4, 0.5) is 0 Å². The van der Waals surface area contributed by atoms with Crippen molar-refractivity contribution >= 4 is 32.5 Å². The largest absolute Gasteiger partial charge is 0.396 e. The highest BCUT2D eigenvalue weighted by Gasteiger charge is 2.26. The van der Waals surface area contributed by atoms with Gasteiger partial charge in [-0.1, -0.05) is 11.6 Å². The van der Waals surface area contributed by atoms with Crippen molar-refractivity contribution in [3.05, 3.63) is 35.5 Å². The smallest absolute Gasteiger partial charge is 0.242 e. The Labute approximate surface area is 165 Å². The molecule has 148 valence electrons. The number of nitrogens with one attached hydrogen (secondary N) is 1. The minimum Gasteiger partial charge on any atom is -0.396 e. The number of sulfonamides is 1. The Balaban J connectivity index is 1.71. The number of pyridine rings is 1. The maximum Gasteiger partial charge on any atom is 0.242 e. The van der Waals surface area contributed by atoms with E-state index in [0.717, 1.165) is 39.1 Å². The molecule has 0 amide bonds. The average molecular weight is 413 g/mol. The maximum atomic E-state index is 13.0. The van der Waals surface area contributed by atoms with Crippen LogP contribution in [0.15, 0.2) is 35.4 Å². The molecule has 0 aliphatic carbocycles. The number of fused-ring (bicyclic) bond motifs is 1. The molecule has 1 saturated heterocycles. The van der Waals surface area contributed by atoms with Crippen LogP contribution < -0.4 is 4.72 Å². The summed E-state index contributed by atoms with van der Waals surface area (Å²) < 4.78 is 28.7. The summed E-state index contributed by atoms with van der Waals surface area (Å²) in [6.45, 7) is 6.20. The SMILES string of the molecule is CC(NS(=O)(=O)c1ccc(Cl)c2ncccc12)N1CCN(CCCO)CC1. The molecule has 3 rings (SSSR count). The van der Waals surface area contributed by atoms with Gasteiger partial charge in [0.15, 0.2) is 0 Å². The fraction of sp³-hybridized carbons (Fsp3) is 0.500. The second kappa shape index (κ2) is 8.81. The Morgan fingerprint density at radius 3 is 2.70 bits per heavy atom. The van der Waals surface area contributed by atoms with E-state index in [2.05, 4.69) is 19.5 Å². The molecule has 2 N–H and O–H groups in total. The van der Waals surface area contributed by atoms with Crippen LogP contribution in [0, 0.1) is 0 Å². The summed E-state index contributed by atoms with van der Waals surface area (Å²) in [6.07, 6.45) is 2.04. The molecular weight excluding hydrogens is 388 g/mol. The van der Waals surface area contributed by atoms with Crippen LogP contribution in [0.1, 0.15) is 13.3 Å². The molecule has 0 spiro atoms. The van der Waals surface area contributed by atoms with Gasteiger partial charge in [0, 0.05) is 50.9 Å². The lowest BCUT2D eigenvalue weighted by Gasteiger charge is -2.38. The van der Waals surface area contributed by atoms with Gasteiger partial charge in [-0.25, -0.2) is 8.42 Å². The Bertz CT molecular complexity index is 885. The summed E-state index contributed by atoms with van der Waals surface area (Å²) in [5.74, 6) is 0. The molecule has 1 unspecified atom stereocenters. The number of nitrogens with zero attached hydrogens (tertiary/aromatic N) is 3. The Kier molecular flexibility index (Phi) is 6.67. The molecule has 1 atom stereocenters. The fourth-order valence-electron chi connectivity index (χ4n) is 3.38. The zero-order valence-electron chi connectivity index (χ0n) is 15.3. The lowest BCUT2D eigenvalue weighted by Crippen LogP contribution is -2.54. The zero-order chi connectivity index (χ0) is 19.4. The lowest BCUT2D eigenvalue weighted by molar-refractivity contribution is 0.0934. The fourth-order valence-corrected chi connectivity index (χ4v) is 5.02. The molecule has 1 aliphatic rings. The van der Waals surface area contributed by atoms with E-state index in [1.54, 1.807) is 24.4 Å². The standard InChI is InChI=1S/C18H25ClN4O3S/c1-14(23-11-9-22(10-12-23)8-3-13-24)21-27(25,26)17-6-5-16(19)18-15(17)4-2-7-20-18/h2,4-7,14,21,24H,3,8-13H2,1H3. The summed E-state index contributed by atoms with van der Waals surface area (Å²) in [7, 11) is -3.72. The van der Waals surface area contributed by atoms with E-state index in [0.29, 0.717) is 15.9 Å². The van der Waals surface area contributed by atoms with E-state index in [4.69, 9.17) is 16.7 Å². The summed E-state index contributed by atoms with van der Waals surface area (Å²) in [4.78, 5) is 8.78. The van der Waals surface area contributed by atoms with E-state index in [1.165, 1.54) is 6.07 Å². The molecule has 1 aromatic heterocycles. The Morgan fingerprint density at radius 2 is 2.00 bits per heavy atom. The molecule has 7 nitrogen and oxygen atoms in total. The highest BCUT2D eigenvalue weighted by molar-refractivity contribution is 7.89. The Morgan fingerprint density at radius 1 is 1.26 bits per heavy atom. The molecule has 9 heteroatoms. The predicted octanol–water partition coefficient (Wildman–Crippen LogP) is 1.51. The number of aliphatic hydroxyl groups excluding tert-OH is 1. The minimum atomic E-state index is -3.72. The number of hydrogen-bond acceptors (Lipinski definition) is 6. The number of halogens is 1. The number of aliphatic hydroxyl groups is 1. The summed E-state index contributed by atoms with van der Waals surface area (Å²) in [6, 6.07) is 6.50. The number of benzene rings is 1. The molecule has 2 aromatic rings. The Hall–Kier alpha value is -1.29. The van der Waals surface area contributed by atoms with Crippen LogP contribution in [0.3, 0.4) is 0 Å². The van der Waals surface area contributed by atoms with Crippen molar-refractivity contribution in [2.24, 2.45) is 0 Å². The molecular formula is C18H25ClN4O3S. The van der Waals surface area contributed by atoms with Crippen molar-refractivity contribution in [3.8, 4) is 0 Å². The van der Waals surface area contributed by atoms with Crippen LogP contribution in [-0.2, 0) is 10.0 Å². The van der Waals surface area contributed by atoms with Crippen molar-refractivity contribution in [2.75, 3.05) is 39.3 Å². The number of rotatable bonds is 7. The van der Waals surface area contributed by atoms with Crippen molar-refractivity contribution in [2.45, 2.75) is 24.4 Å². The van der Waals surface area contributed by atoms with Crippen LogP contribution in [-0.4, -0.2) is 73.8 Å². The molecule has 1 aliphatic heterocycles. The van der Waals surface area contributed by atoms with Crippen molar-refractivity contribution in [3.63, 3.8) is 0 Å². The van der Waals surface area contributed by atoms with Crippen LogP contribution >= 0.6 is 11.6 Å². The first kappa shape index (κ1) is 20.4. The van der Waals surface area contributed by atoms with E-state index in [-0.39, 0.29) is 17.7 Å². The zero-order valence-corrected chi connectivity index (χ0v) is 16.9. The predicted molar refractivity (Wildman–Crippen MR) is 106 cm³/mol.